The van der Waals surface area contributed by atoms with Crippen molar-refractivity contribution < 1.29 is 13.2 Å². The molecule has 1 atom stereocenters. The zero-order valence-corrected chi connectivity index (χ0v) is 15.1. The molecule has 1 aromatic rings. The zero-order valence-electron chi connectivity index (χ0n) is 14.3. The number of nitrogens with two attached hydrogens (primary N) is 1. The van der Waals surface area contributed by atoms with Gasteiger partial charge in [0.25, 0.3) is 0 Å². The molecular weight excluding hydrogens is 312 g/mol. The normalized spacial score (nSPS) is 22.7. The molecular formula is C17H28N2O3S. The van der Waals surface area contributed by atoms with Gasteiger partial charge in [0.15, 0.2) is 0 Å². The van der Waals surface area contributed by atoms with E-state index in [9.17, 15) is 8.42 Å². The van der Waals surface area contributed by atoms with E-state index < -0.39 is 10.0 Å². The number of hydrogen-bond acceptors (Lipinski definition) is 4. The van der Waals surface area contributed by atoms with Gasteiger partial charge in [-0.05, 0) is 55.0 Å². The van der Waals surface area contributed by atoms with E-state index in [2.05, 4.69) is 13.8 Å². The summed E-state index contributed by atoms with van der Waals surface area (Å²) in [6, 6.07) is 6.70. The first-order valence-corrected chi connectivity index (χ1v) is 9.64. The average molecular weight is 340 g/mol. The monoisotopic (exact) mass is 340 g/mol. The number of ether oxygens (including phenoxy) is 1. The fraction of sp³-hybridized carbons (Fsp3) is 0.647. The average Bonchev–Trinajstić information content (AvgIpc) is 2.91. The maximum Gasteiger partial charge on any atom is 0.243 e. The Morgan fingerprint density at radius 3 is 2.48 bits per heavy atom. The van der Waals surface area contributed by atoms with Crippen molar-refractivity contribution in [3.8, 4) is 5.75 Å². The lowest BCUT2D eigenvalue weighted by Gasteiger charge is -2.22. The van der Waals surface area contributed by atoms with E-state index in [0.29, 0.717) is 42.8 Å². The third kappa shape index (κ3) is 4.46. The molecule has 6 heteroatoms. The third-order valence-corrected chi connectivity index (χ3v) is 6.30. The highest BCUT2D eigenvalue weighted by atomic mass is 32.2. The second kappa shape index (κ2) is 7.20. The Morgan fingerprint density at radius 1 is 1.30 bits per heavy atom. The minimum absolute atomic E-state index is 0.118. The maximum absolute atomic E-state index is 12.7. The number of benzene rings is 1. The smallest absolute Gasteiger partial charge is 0.243 e. The third-order valence-electron chi connectivity index (χ3n) is 4.44. The molecule has 0 bridgehead atoms. The summed E-state index contributed by atoms with van der Waals surface area (Å²) in [6.07, 6.45) is 1.78. The topological polar surface area (TPSA) is 72.6 Å². The quantitative estimate of drug-likeness (QED) is 0.827. The summed E-state index contributed by atoms with van der Waals surface area (Å²) in [6.45, 7) is 8.48. The van der Waals surface area contributed by atoms with Crippen molar-refractivity contribution in [3.05, 3.63) is 24.3 Å². The standard InChI is InChI=1S/C17H28N2O3S/c1-14(2)8-11-22-15-4-6-16(7-5-15)23(20,21)19-10-9-17(3,12-18)13-19/h4-7,14H,8-13,18H2,1-3H3. The van der Waals surface area contributed by atoms with Gasteiger partial charge >= 0.3 is 0 Å². The van der Waals surface area contributed by atoms with Gasteiger partial charge in [0.05, 0.1) is 11.5 Å². The van der Waals surface area contributed by atoms with E-state index in [-0.39, 0.29) is 5.41 Å². The summed E-state index contributed by atoms with van der Waals surface area (Å²) >= 11 is 0. The molecule has 1 aliphatic rings. The molecule has 1 heterocycles. The molecule has 2 N–H and O–H groups in total. The van der Waals surface area contributed by atoms with E-state index in [1.54, 1.807) is 24.3 Å². The molecule has 0 aliphatic carbocycles. The van der Waals surface area contributed by atoms with Crippen LogP contribution < -0.4 is 10.5 Å². The highest BCUT2D eigenvalue weighted by Gasteiger charge is 2.38. The van der Waals surface area contributed by atoms with Crippen LogP contribution in [-0.4, -0.2) is 39.0 Å². The van der Waals surface area contributed by atoms with E-state index in [4.69, 9.17) is 10.5 Å². The van der Waals surface area contributed by atoms with E-state index >= 15 is 0 Å². The van der Waals surface area contributed by atoms with Crippen molar-refractivity contribution in [1.82, 2.24) is 4.31 Å². The van der Waals surface area contributed by atoms with Crippen LogP contribution in [0, 0.1) is 11.3 Å². The Balaban J connectivity index is 2.03. The number of hydrogen-bond donors (Lipinski definition) is 1. The van der Waals surface area contributed by atoms with Crippen LogP contribution in [0.2, 0.25) is 0 Å². The molecule has 23 heavy (non-hydrogen) atoms. The van der Waals surface area contributed by atoms with Crippen molar-refractivity contribution in [2.45, 2.75) is 38.5 Å². The molecule has 2 rings (SSSR count). The molecule has 130 valence electrons. The van der Waals surface area contributed by atoms with Crippen molar-refractivity contribution in [3.63, 3.8) is 0 Å². The molecule has 1 aliphatic heterocycles. The highest BCUT2D eigenvalue weighted by molar-refractivity contribution is 7.89. The summed E-state index contributed by atoms with van der Waals surface area (Å²) in [7, 11) is -3.45. The minimum atomic E-state index is -3.45. The lowest BCUT2D eigenvalue weighted by atomic mass is 9.90. The Bertz CT molecular complexity index is 613. The zero-order chi connectivity index (χ0) is 17.1. The van der Waals surface area contributed by atoms with Gasteiger partial charge in [-0.2, -0.15) is 4.31 Å². The predicted molar refractivity (Wildman–Crippen MR) is 91.9 cm³/mol. The largest absolute Gasteiger partial charge is 0.494 e. The molecule has 0 amide bonds. The molecule has 1 unspecified atom stereocenters. The molecule has 1 aromatic carbocycles. The van der Waals surface area contributed by atoms with E-state index in [1.807, 2.05) is 6.92 Å². The molecule has 0 radical (unpaired) electrons. The van der Waals surface area contributed by atoms with Crippen LogP contribution in [0.1, 0.15) is 33.6 Å². The lowest BCUT2D eigenvalue weighted by molar-refractivity contribution is 0.289. The number of rotatable bonds is 7. The van der Waals surface area contributed by atoms with Gasteiger partial charge in [-0.1, -0.05) is 20.8 Å². The second-order valence-electron chi connectivity index (χ2n) is 7.11. The summed E-state index contributed by atoms with van der Waals surface area (Å²) in [4.78, 5) is 0.315. The van der Waals surface area contributed by atoms with Gasteiger partial charge in [-0.25, -0.2) is 8.42 Å². The Hall–Kier alpha value is -1.11. The van der Waals surface area contributed by atoms with Crippen LogP contribution in [0.4, 0.5) is 0 Å². The summed E-state index contributed by atoms with van der Waals surface area (Å²) in [5.41, 5.74) is 5.64. The van der Waals surface area contributed by atoms with Crippen LogP contribution in [0.5, 0.6) is 5.75 Å². The fourth-order valence-electron chi connectivity index (χ4n) is 2.62. The van der Waals surface area contributed by atoms with Crippen LogP contribution in [-0.2, 0) is 10.0 Å². The van der Waals surface area contributed by atoms with Gasteiger partial charge in [0, 0.05) is 13.1 Å². The van der Waals surface area contributed by atoms with Crippen molar-refractivity contribution >= 4 is 10.0 Å². The minimum Gasteiger partial charge on any atom is -0.494 e. The van der Waals surface area contributed by atoms with Gasteiger partial charge in [0.1, 0.15) is 5.75 Å². The first-order chi connectivity index (χ1) is 10.8. The molecule has 1 fully saturated rings. The first-order valence-electron chi connectivity index (χ1n) is 8.20. The Morgan fingerprint density at radius 2 is 1.96 bits per heavy atom. The lowest BCUT2D eigenvalue weighted by Crippen LogP contribution is -2.34. The number of nitrogens with zero attached hydrogens (tertiary/aromatic N) is 1. The van der Waals surface area contributed by atoms with E-state index in [1.165, 1.54) is 4.31 Å². The summed E-state index contributed by atoms with van der Waals surface area (Å²) < 4.78 is 32.6. The van der Waals surface area contributed by atoms with Crippen LogP contribution in [0.3, 0.4) is 0 Å². The molecule has 0 spiro atoms. The Labute approximate surface area is 139 Å². The van der Waals surface area contributed by atoms with Crippen molar-refractivity contribution in [2.24, 2.45) is 17.1 Å². The SMILES string of the molecule is CC(C)CCOc1ccc(S(=O)(=O)N2CCC(C)(CN)C2)cc1. The van der Waals surface area contributed by atoms with Gasteiger partial charge in [0.2, 0.25) is 10.0 Å². The van der Waals surface area contributed by atoms with Crippen molar-refractivity contribution in [2.75, 3.05) is 26.2 Å². The fourth-order valence-corrected chi connectivity index (χ4v) is 4.21. The van der Waals surface area contributed by atoms with Crippen LogP contribution in [0.15, 0.2) is 29.2 Å². The Kier molecular flexibility index (Phi) is 5.70. The first kappa shape index (κ1) is 18.2. The van der Waals surface area contributed by atoms with Crippen molar-refractivity contribution in [1.29, 1.82) is 0 Å². The highest BCUT2D eigenvalue weighted by Crippen LogP contribution is 2.32. The summed E-state index contributed by atoms with van der Waals surface area (Å²) in [5.74, 6) is 1.29. The molecule has 0 aromatic heterocycles. The maximum atomic E-state index is 12.7. The number of sulfonamides is 1. The molecule has 1 saturated heterocycles. The van der Waals surface area contributed by atoms with Crippen LogP contribution >= 0.6 is 0 Å². The van der Waals surface area contributed by atoms with Gasteiger partial charge in [-0.15, -0.1) is 0 Å². The molecule has 5 nitrogen and oxygen atoms in total. The van der Waals surface area contributed by atoms with Crippen LogP contribution in [0.25, 0.3) is 0 Å². The second-order valence-corrected chi connectivity index (χ2v) is 9.04. The molecule has 0 saturated carbocycles. The van der Waals surface area contributed by atoms with Gasteiger partial charge in [-0.3, -0.25) is 0 Å². The predicted octanol–water partition coefficient (Wildman–Crippen LogP) is 2.47. The summed E-state index contributed by atoms with van der Waals surface area (Å²) in [5, 5.41) is 0. The van der Waals surface area contributed by atoms with Gasteiger partial charge < -0.3 is 10.5 Å². The van der Waals surface area contributed by atoms with E-state index in [0.717, 1.165) is 12.8 Å².